The van der Waals surface area contributed by atoms with Crippen LogP contribution in [0.3, 0.4) is 0 Å². The Morgan fingerprint density at radius 3 is 1.88 bits per heavy atom. The van der Waals surface area contributed by atoms with E-state index in [2.05, 4.69) is 163 Å². The second-order valence-corrected chi connectivity index (χ2v) is 13.2. The molecule has 2 nitrogen and oxygen atoms in total. The van der Waals surface area contributed by atoms with E-state index in [1.54, 1.807) is 0 Å². The van der Waals surface area contributed by atoms with Crippen LogP contribution in [-0.4, -0.2) is 4.57 Å². The molecule has 0 fully saturated rings. The number of para-hydroxylation sites is 2. The van der Waals surface area contributed by atoms with Gasteiger partial charge in [0.15, 0.2) is 0 Å². The fraction of sp³-hybridized carbons (Fsp3) is 0.0667. The lowest BCUT2D eigenvalue weighted by atomic mass is 9.82. The van der Waals surface area contributed by atoms with Crippen LogP contribution in [0.4, 0.5) is 21.5 Å². The fourth-order valence-electron chi connectivity index (χ4n) is 7.68. The van der Waals surface area contributed by atoms with Crippen molar-refractivity contribution in [3.63, 3.8) is 0 Å². The SMILES string of the molecule is CC1(C)c2ccccc2-c2ccc(N(c3ccc(F)cc3)c3ccc(-c4ccc5c(c4)c4ccccc4n5-c4ccccc4)cc3)cc21. The lowest BCUT2D eigenvalue weighted by molar-refractivity contribution is 0.628. The molecule has 0 atom stereocenters. The predicted octanol–water partition coefficient (Wildman–Crippen LogP) is 12.4. The van der Waals surface area contributed by atoms with E-state index in [9.17, 15) is 4.39 Å². The summed E-state index contributed by atoms with van der Waals surface area (Å²) in [6.45, 7) is 4.60. The summed E-state index contributed by atoms with van der Waals surface area (Å²) >= 11 is 0. The molecule has 7 aromatic carbocycles. The van der Waals surface area contributed by atoms with Gasteiger partial charge in [-0.25, -0.2) is 4.39 Å². The summed E-state index contributed by atoms with van der Waals surface area (Å²) in [4.78, 5) is 2.22. The van der Waals surface area contributed by atoms with Crippen molar-refractivity contribution in [3.8, 4) is 27.9 Å². The Morgan fingerprint density at radius 2 is 1.08 bits per heavy atom. The molecule has 0 bridgehead atoms. The van der Waals surface area contributed by atoms with Crippen molar-refractivity contribution in [2.24, 2.45) is 0 Å². The van der Waals surface area contributed by atoms with Crippen molar-refractivity contribution in [1.29, 1.82) is 0 Å². The number of hydrogen-bond acceptors (Lipinski definition) is 1. The molecule has 0 saturated heterocycles. The lowest BCUT2D eigenvalue weighted by Gasteiger charge is -2.28. The number of benzene rings is 7. The molecule has 0 amide bonds. The maximum Gasteiger partial charge on any atom is 0.123 e. The molecule has 3 heteroatoms. The van der Waals surface area contributed by atoms with Gasteiger partial charge in [-0.15, -0.1) is 0 Å². The highest BCUT2D eigenvalue weighted by atomic mass is 19.1. The Bertz CT molecular complexity index is 2470. The van der Waals surface area contributed by atoms with Gasteiger partial charge in [0.1, 0.15) is 5.82 Å². The second kappa shape index (κ2) is 10.8. The standard InChI is InChI=1S/C45H33FN2/c1-45(2)41-14-8-6-12-37(41)38-26-25-36(29-42(38)45)47(35-23-19-32(46)20-24-35)34-21-16-30(17-22-34)31-18-27-44-40(28-31)39-13-7-9-15-43(39)48(44)33-10-4-3-5-11-33/h3-29H,1-2H3. The first kappa shape index (κ1) is 28.3. The Hall–Kier alpha value is -5.93. The molecular formula is C45H33FN2. The third-order valence-corrected chi connectivity index (χ3v) is 10.1. The molecule has 230 valence electrons. The van der Waals surface area contributed by atoms with Gasteiger partial charge in [-0.1, -0.05) is 98.8 Å². The Balaban J connectivity index is 1.14. The zero-order valence-corrected chi connectivity index (χ0v) is 26.9. The summed E-state index contributed by atoms with van der Waals surface area (Å²) in [6.07, 6.45) is 0. The van der Waals surface area contributed by atoms with Gasteiger partial charge in [-0.2, -0.15) is 0 Å². The zero-order chi connectivity index (χ0) is 32.4. The molecule has 1 aromatic heterocycles. The molecule has 0 N–H and O–H groups in total. The van der Waals surface area contributed by atoms with Crippen LogP contribution in [0.1, 0.15) is 25.0 Å². The maximum atomic E-state index is 14.1. The first-order valence-electron chi connectivity index (χ1n) is 16.5. The zero-order valence-electron chi connectivity index (χ0n) is 26.9. The smallest absolute Gasteiger partial charge is 0.123 e. The van der Waals surface area contributed by atoms with Crippen molar-refractivity contribution in [2.45, 2.75) is 19.3 Å². The van der Waals surface area contributed by atoms with Gasteiger partial charge < -0.3 is 9.47 Å². The number of aromatic nitrogens is 1. The second-order valence-electron chi connectivity index (χ2n) is 13.2. The van der Waals surface area contributed by atoms with Gasteiger partial charge in [0.25, 0.3) is 0 Å². The van der Waals surface area contributed by atoms with Crippen LogP contribution in [0.5, 0.6) is 0 Å². The molecule has 1 heterocycles. The summed E-state index contributed by atoms with van der Waals surface area (Å²) in [6, 6.07) is 56.9. The molecule has 1 aliphatic rings. The van der Waals surface area contributed by atoms with Gasteiger partial charge in [-0.3, -0.25) is 0 Å². The van der Waals surface area contributed by atoms with Crippen molar-refractivity contribution in [2.75, 3.05) is 4.90 Å². The van der Waals surface area contributed by atoms with E-state index in [0.717, 1.165) is 33.9 Å². The first-order valence-corrected chi connectivity index (χ1v) is 16.5. The molecule has 0 saturated carbocycles. The van der Waals surface area contributed by atoms with E-state index in [4.69, 9.17) is 0 Å². The monoisotopic (exact) mass is 620 g/mol. The number of fused-ring (bicyclic) bond motifs is 6. The number of nitrogens with zero attached hydrogens (tertiary/aromatic N) is 2. The normalized spacial score (nSPS) is 13.1. The Kier molecular flexibility index (Phi) is 6.38. The van der Waals surface area contributed by atoms with Crippen LogP contribution < -0.4 is 4.90 Å². The van der Waals surface area contributed by atoms with Crippen LogP contribution >= 0.6 is 0 Å². The molecule has 0 unspecified atom stereocenters. The topological polar surface area (TPSA) is 8.17 Å². The van der Waals surface area contributed by atoms with E-state index in [1.165, 1.54) is 56.2 Å². The summed E-state index contributed by atoms with van der Waals surface area (Å²) in [7, 11) is 0. The van der Waals surface area contributed by atoms with Crippen LogP contribution in [0.15, 0.2) is 164 Å². The van der Waals surface area contributed by atoms with Crippen LogP contribution in [0, 0.1) is 5.82 Å². The average Bonchev–Trinajstić information content (AvgIpc) is 3.58. The highest BCUT2D eigenvalue weighted by Crippen LogP contribution is 2.50. The van der Waals surface area contributed by atoms with E-state index in [-0.39, 0.29) is 11.2 Å². The fourth-order valence-corrected chi connectivity index (χ4v) is 7.68. The van der Waals surface area contributed by atoms with Gasteiger partial charge in [0.05, 0.1) is 11.0 Å². The van der Waals surface area contributed by atoms with E-state index < -0.39 is 0 Å². The van der Waals surface area contributed by atoms with Crippen LogP contribution in [0.2, 0.25) is 0 Å². The van der Waals surface area contributed by atoms with Crippen LogP contribution in [-0.2, 0) is 5.41 Å². The molecule has 0 aliphatic heterocycles. The summed E-state index contributed by atoms with van der Waals surface area (Å²) in [5.74, 6) is -0.247. The van der Waals surface area contributed by atoms with Crippen molar-refractivity contribution in [1.82, 2.24) is 4.57 Å². The molecule has 8 aromatic rings. The molecule has 48 heavy (non-hydrogen) atoms. The van der Waals surface area contributed by atoms with Gasteiger partial charge >= 0.3 is 0 Å². The number of hydrogen-bond donors (Lipinski definition) is 0. The van der Waals surface area contributed by atoms with Crippen molar-refractivity contribution < 1.29 is 4.39 Å². The van der Waals surface area contributed by atoms with Gasteiger partial charge in [0, 0.05) is 38.9 Å². The van der Waals surface area contributed by atoms with Gasteiger partial charge in [0.2, 0.25) is 0 Å². The largest absolute Gasteiger partial charge is 0.310 e. The van der Waals surface area contributed by atoms with E-state index in [0.29, 0.717) is 0 Å². The van der Waals surface area contributed by atoms with Crippen LogP contribution in [0.25, 0.3) is 49.7 Å². The van der Waals surface area contributed by atoms with Gasteiger partial charge in [-0.05, 0) is 112 Å². The molecule has 1 aliphatic carbocycles. The van der Waals surface area contributed by atoms with Crippen molar-refractivity contribution >= 4 is 38.9 Å². The molecular weight excluding hydrogens is 588 g/mol. The number of halogens is 1. The highest BCUT2D eigenvalue weighted by Gasteiger charge is 2.35. The average molecular weight is 621 g/mol. The minimum atomic E-state index is -0.247. The van der Waals surface area contributed by atoms with E-state index >= 15 is 0 Å². The lowest BCUT2D eigenvalue weighted by Crippen LogP contribution is -2.16. The van der Waals surface area contributed by atoms with Crippen molar-refractivity contribution in [3.05, 3.63) is 181 Å². The summed E-state index contributed by atoms with van der Waals surface area (Å²) < 4.78 is 16.5. The molecule has 0 radical (unpaired) electrons. The third-order valence-electron chi connectivity index (χ3n) is 10.1. The third kappa shape index (κ3) is 4.39. The maximum absolute atomic E-state index is 14.1. The molecule has 9 rings (SSSR count). The minimum Gasteiger partial charge on any atom is -0.310 e. The number of rotatable bonds is 5. The summed E-state index contributed by atoms with van der Waals surface area (Å²) in [5.41, 5.74) is 13.9. The Labute approximate surface area is 280 Å². The first-order chi connectivity index (χ1) is 23.5. The minimum absolute atomic E-state index is 0.122. The van der Waals surface area contributed by atoms with E-state index in [1.807, 2.05) is 12.1 Å². The Morgan fingerprint density at radius 1 is 0.479 bits per heavy atom. The quantitative estimate of drug-likeness (QED) is 0.186. The number of anilines is 3. The molecule has 0 spiro atoms. The summed E-state index contributed by atoms with van der Waals surface area (Å²) in [5, 5.41) is 2.46. The highest BCUT2D eigenvalue weighted by molar-refractivity contribution is 6.10. The predicted molar refractivity (Wildman–Crippen MR) is 198 cm³/mol.